The van der Waals surface area contributed by atoms with E-state index in [0.29, 0.717) is 19.4 Å². The fourth-order valence-electron chi connectivity index (χ4n) is 3.01. The summed E-state index contributed by atoms with van der Waals surface area (Å²) >= 11 is 0. The highest BCUT2D eigenvalue weighted by Crippen LogP contribution is 2.31. The van der Waals surface area contributed by atoms with Crippen molar-refractivity contribution in [2.24, 2.45) is 5.92 Å². The molecule has 1 N–H and O–H groups in total. The van der Waals surface area contributed by atoms with E-state index in [4.69, 9.17) is 0 Å². The van der Waals surface area contributed by atoms with Gasteiger partial charge < -0.3 is 14.9 Å². The minimum atomic E-state index is -0.804. The molecule has 1 aliphatic rings. The van der Waals surface area contributed by atoms with Gasteiger partial charge in [-0.25, -0.2) is 0 Å². The number of likely N-dealkylation sites (N-methyl/N-ethyl adjacent to an activating group) is 1. The van der Waals surface area contributed by atoms with Crippen molar-refractivity contribution in [3.8, 4) is 0 Å². The average Bonchev–Trinajstić information content (AvgIpc) is 2.88. The highest BCUT2D eigenvalue weighted by Gasteiger charge is 2.42. The zero-order valence-electron chi connectivity index (χ0n) is 13.3. The van der Waals surface area contributed by atoms with E-state index in [2.05, 4.69) is 4.98 Å². The van der Waals surface area contributed by atoms with Crippen molar-refractivity contribution >= 4 is 11.8 Å². The second kappa shape index (κ2) is 6.87. The Morgan fingerprint density at radius 1 is 1.27 bits per heavy atom. The van der Waals surface area contributed by atoms with Crippen molar-refractivity contribution in [3.63, 3.8) is 0 Å². The van der Waals surface area contributed by atoms with E-state index in [-0.39, 0.29) is 17.9 Å². The van der Waals surface area contributed by atoms with Crippen LogP contribution in [0.15, 0.2) is 24.5 Å². The second-order valence-corrected chi connectivity index (χ2v) is 5.92. The molecule has 1 aromatic rings. The van der Waals surface area contributed by atoms with Gasteiger partial charge in [0.15, 0.2) is 0 Å². The van der Waals surface area contributed by atoms with Crippen LogP contribution in [0.1, 0.15) is 25.3 Å². The van der Waals surface area contributed by atoms with E-state index in [9.17, 15) is 14.7 Å². The van der Waals surface area contributed by atoms with E-state index < -0.39 is 12.0 Å². The standard InChI is InChI=1S/C16H23N3O3/c1-11(20)19(3)14-5-4-13(15(14)21)16(22)18(2)10-12-6-8-17-9-7-12/h6-9,13-15,21H,4-5,10H2,1-3H3/t13-,14-,15+/m1/s1. The number of amides is 2. The van der Waals surface area contributed by atoms with Crippen LogP contribution in [0.3, 0.4) is 0 Å². The number of aliphatic hydroxyl groups excluding tert-OH is 1. The van der Waals surface area contributed by atoms with Gasteiger partial charge in [0.25, 0.3) is 0 Å². The average molecular weight is 305 g/mol. The third-order valence-electron chi connectivity index (χ3n) is 4.44. The number of hydrogen-bond acceptors (Lipinski definition) is 4. The second-order valence-electron chi connectivity index (χ2n) is 5.92. The van der Waals surface area contributed by atoms with Crippen molar-refractivity contribution < 1.29 is 14.7 Å². The van der Waals surface area contributed by atoms with Gasteiger partial charge in [-0.3, -0.25) is 14.6 Å². The lowest BCUT2D eigenvalue weighted by molar-refractivity contribution is -0.140. The van der Waals surface area contributed by atoms with Crippen molar-refractivity contribution in [2.75, 3.05) is 14.1 Å². The summed E-state index contributed by atoms with van der Waals surface area (Å²) in [5.41, 5.74) is 0.996. The van der Waals surface area contributed by atoms with Crippen LogP contribution in [0, 0.1) is 5.92 Å². The quantitative estimate of drug-likeness (QED) is 0.887. The van der Waals surface area contributed by atoms with Gasteiger partial charge in [-0.1, -0.05) is 0 Å². The Morgan fingerprint density at radius 3 is 2.50 bits per heavy atom. The molecule has 0 aromatic carbocycles. The summed E-state index contributed by atoms with van der Waals surface area (Å²) < 4.78 is 0. The van der Waals surface area contributed by atoms with Gasteiger partial charge in [0.05, 0.1) is 18.1 Å². The third kappa shape index (κ3) is 3.44. The maximum Gasteiger partial charge on any atom is 0.228 e. The first-order chi connectivity index (χ1) is 10.4. The predicted molar refractivity (Wildman–Crippen MR) is 81.7 cm³/mol. The molecule has 1 fully saturated rings. The van der Waals surface area contributed by atoms with Crippen molar-refractivity contribution in [1.82, 2.24) is 14.8 Å². The molecular formula is C16H23N3O3. The molecule has 0 saturated heterocycles. The molecule has 1 aromatic heterocycles. The Hall–Kier alpha value is -1.95. The van der Waals surface area contributed by atoms with E-state index in [1.807, 2.05) is 12.1 Å². The van der Waals surface area contributed by atoms with Crippen LogP contribution in [0.25, 0.3) is 0 Å². The normalized spacial score (nSPS) is 24.1. The highest BCUT2D eigenvalue weighted by atomic mass is 16.3. The molecule has 1 heterocycles. The van der Waals surface area contributed by atoms with Crippen molar-refractivity contribution in [2.45, 2.75) is 38.5 Å². The lowest BCUT2D eigenvalue weighted by Crippen LogP contribution is -2.45. The molecule has 2 amide bonds. The first-order valence-corrected chi connectivity index (χ1v) is 7.47. The zero-order valence-corrected chi connectivity index (χ0v) is 13.3. The Labute approximate surface area is 130 Å². The summed E-state index contributed by atoms with van der Waals surface area (Å²) in [4.78, 5) is 31.1. The number of carbonyl (C=O) groups is 2. The Balaban J connectivity index is 1.99. The molecule has 0 bridgehead atoms. The summed E-state index contributed by atoms with van der Waals surface area (Å²) in [6.07, 6.45) is 3.83. The van der Waals surface area contributed by atoms with E-state index >= 15 is 0 Å². The number of pyridine rings is 1. The Bertz CT molecular complexity index is 535. The topological polar surface area (TPSA) is 73.7 Å². The fourth-order valence-corrected chi connectivity index (χ4v) is 3.01. The van der Waals surface area contributed by atoms with Crippen molar-refractivity contribution in [1.29, 1.82) is 0 Å². The van der Waals surface area contributed by atoms with Gasteiger partial charge in [-0.15, -0.1) is 0 Å². The minimum Gasteiger partial charge on any atom is -0.390 e. The first kappa shape index (κ1) is 16.4. The summed E-state index contributed by atoms with van der Waals surface area (Å²) in [5, 5.41) is 10.4. The number of carbonyl (C=O) groups excluding carboxylic acids is 2. The molecule has 22 heavy (non-hydrogen) atoms. The van der Waals surface area contributed by atoms with Crippen LogP contribution in [-0.2, 0) is 16.1 Å². The largest absolute Gasteiger partial charge is 0.390 e. The van der Waals surface area contributed by atoms with Crippen LogP contribution < -0.4 is 0 Å². The number of nitrogens with zero attached hydrogens (tertiary/aromatic N) is 3. The predicted octanol–water partition coefficient (Wildman–Crippen LogP) is 0.658. The van der Waals surface area contributed by atoms with E-state index in [1.54, 1.807) is 31.4 Å². The summed E-state index contributed by atoms with van der Waals surface area (Å²) in [6, 6.07) is 3.45. The van der Waals surface area contributed by atoms with Crippen LogP contribution in [-0.4, -0.2) is 57.9 Å². The van der Waals surface area contributed by atoms with Gasteiger partial charge in [0.2, 0.25) is 11.8 Å². The molecule has 0 radical (unpaired) electrons. The lowest BCUT2D eigenvalue weighted by atomic mass is 10.0. The van der Waals surface area contributed by atoms with Gasteiger partial charge in [0, 0.05) is 40.0 Å². The van der Waals surface area contributed by atoms with Crippen LogP contribution in [0.2, 0.25) is 0 Å². The molecule has 1 saturated carbocycles. The Morgan fingerprint density at radius 2 is 1.91 bits per heavy atom. The maximum absolute atomic E-state index is 12.5. The van der Waals surface area contributed by atoms with E-state index in [0.717, 1.165) is 5.56 Å². The number of aromatic nitrogens is 1. The summed E-state index contributed by atoms with van der Waals surface area (Å²) in [5.74, 6) is -0.621. The summed E-state index contributed by atoms with van der Waals surface area (Å²) in [6.45, 7) is 1.95. The maximum atomic E-state index is 12.5. The third-order valence-corrected chi connectivity index (χ3v) is 4.44. The first-order valence-electron chi connectivity index (χ1n) is 7.47. The minimum absolute atomic E-state index is 0.0798. The monoisotopic (exact) mass is 305 g/mol. The van der Waals surface area contributed by atoms with Crippen molar-refractivity contribution in [3.05, 3.63) is 30.1 Å². The number of hydrogen-bond donors (Lipinski definition) is 1. The molecule has 6 nitrogen and oxygen atoms in total. The molecule has 6 heteroatoms. The molecule has 0 aliphatic heterocycles. The SMILES string of the molecule is CC(=O)N(C)[C@@H]1CC[C@@H](C(=O)N(C)Cc2ccncc2)[C@@H]1O. The molecule has 0 unspecified atom stereocenters. The smallest absolute Gasteiger partial charge is 0.228 e. The Kier molecular flexibility index (Phi) is 5.13. The van der Waals surface area contributed by atoms with Gasteiger partial charge in [-0.2, -0.15) is 0 Å². The molecule has 2 rings (SSSR count). The zero-order chi connectivity index (χ0) is 16.3. The molecular weight excluding hydrogens is 282 g/mol. The van der Waals surface area contributed by atoms with E-state index in [1.165, 1.54) is 11.8 Å². The van der Waals surface area contributed by atoms with Gasteiger partial charge in [-0.05, 0) is 30.5 Å². The number of rotatable bonds is 4. The van der Waals surface area contributed by atoms with Crippen LogP contribution in [0.5, 0.6) is 0 Å². The lowest BCUT2D eigenvalue weighted by Gasteiger charge is -2.29. The van der Waals surface area contributed by atoms with Crippen LogP contribution >= 0.6 is 0 Å². The fraction of sp³-hybridized carbons (Fsp3) is 0.562. The number of aliphatic hydroxyl groups is 1. The van der Waals surface area contributed by atoms with Gasteiger partial charge >= 0.3 is 0 Å². The van der Waals surface area contributed by atoms with Gasteiger partial charge in [0.1, 0.15) is 0 Å². The highest BCUT2D eigenvalue weighted by molar-refractivity contribution is 5.80. The van der Waals surface area contributed by atoms with Crippen LogP contribution in [0.4, 0.5) is 0 Å². The molecule has 0 spiro atoms. The molecule has 120 valence electrons. The summed E-state index contributed by atoms with van der Waals surface area (Å²) in [7, 11) is 3.40. The molecule has 3 atom stereocenters. The molecule has 1 aliphatic carbocycles.